The second kappa shape index (κ2) is 2.97. The van der Waals surface area contributed by atoms with Crippen molar-refractivity contribution in [2.75, 3.05) is 18.8 Å². The normalized spacial score (nSPS) is 17.9. The van der Waals surface area contributed by atoms with Gasteiger partial charge in [0, 0.05) is 12.3 Å². The van der Waals surface area contributed by atoms with Crippen molar-refractivity contribution in [1.29, 1.82) is 0 Å². The Morgan fingerprint density at radius 3 is 3.25 bits per heavy atom. The molecule has 0 aromatic heterocycles. The summed E-state index contributed by atoms with van der Waals surface area (Å²) < 4.78 is 0. The molecule has 0 aromatic rings. The molecule has 0 saturated carbocycles. The van der Waals surface area contributed by atoms with Crippen LogP contribution >= 0.6 is 11.8 Å². The average molecular weight is 129 g/mol. The van der Waals surface area contributed by atoms with Gasteiger partial charge in [0.25, 0.3) is 0 Å². The summed E-state index contributed by atoms with van der Waals surface area (Å²) in [4.78, 5) is 4.15. The topological polar surface area (TPSA) is 24.4 Å². The fourth-order valence-electron chi connectivity index (χ4n) is 0.570. The molecule has 0 bridgehead atoms. The Labute approximate surface area is 53.8 Å². The van der Waals surface area contributed by atoms with Gasteiger partial charge in [-0.2, -0.15) is 0 Å². The Morgan fingerprint density at radius 2 is 2.75 bits per heavy atom. The summed E-state index contributed by atoms with van der Waals surface area (Å²) in [5.41, 5.74) is 0. The average Bonchev–Trinajstić information content (AvgIpc) is 2.19. The van der Waals surface area contributed by atoms with Crippen LogP contribution in [0.3, 0.4) is 0 Å². The molecule has 1 aliphatic heterocycles. The molecule has 0 amide bonds. The van der Waals surface area contributed by atoms with Crippen molar-refractivity contribution in [3.63, 3.8) is 0 Å². The minimum atomic E-state index is 0.867. The first-order chi connectivity index (χ1) is 3.93. The highest BCUT2D eigenvalue weighted by Crippen LogP contribution is 2.02. The number of aliphatic imine (C=N–C) groups is 1. The predicted octanol–water partition coefficient (Wildman–Crippen LogP) is 0.513. The van der Waals surface area contributed by atoms with Gasteiger partial charge >= 0.3 is 0 Å². The number of nitrogens with one attached hydrogen (secondary N) is 1. The molecule has 45 valence electrons. The molecular formula is C5H9N2S. The Kier molecular flexibility index (Phi) is 2.21. The largest absolute Gasteiger partial charge is 0.363 e. The van der Waals surface area contributed by atoms with Crippen LogP contribution in [0.15, 0.2) is 4.99 Å². The summed E-state index contributed by atoms with van der Waals surface area (Å²) in [5, 5.41) is 4.19. The maximum absolute atomic E-state index is 4.15. The van der Waals surface area contributed by atoms with Crippen LogP contribution in [0.4, 0.5) is 0 Å². The van der Waals surface area contributed by atoms with Crippen molar-refractivity contribution in [1.82, 2.24) is 5.32 Å². The Balaban J connectivity index is 2.23. The van der Waals surface area contributed by atoms with Gasteiger partial charge in [-0.05, 0) is 6.92 Å². The minimum Gasteiger partial charge on any atom is -0.363 e. The summed E-state index contributed by atoms with van der Waals surface area (Å²) in [6.07, 6.45) is 0. The highest BCUT2D eigenvalue weighted by molar-refractivity contribution is 8.13. The monoisotopic (exact) mass is 129 g/mol. The zero-order chi connectivity index (χ0) is 5.82. The van der Waals surface area contributed by atoms with E-state index in [-0.39, 0.29) is 0 Å². The first-order valence-electron chi connectivity index (χ1n) is 2.64. The van der Waals surface area contributed by atoms with Gasteiger partial charge in [0.1, 0.15) is 0 Å². The molecule has 0 atom stereocenters. The molecule has 2 nitrogen and oxygen atoms in total. The van der Waals surface area contributed by atoms with Gasteiger partial charge in [0.15, 0.2) is 5.17 Å². The van der Waals surface area contributed by atoms with Crippen molar-refractivity contribution in [3.05, 3.63) is 6.92 Å². The highest BCUT2D eigenvalue weighted by atomic mass is 32.2. The van der Waals surface area contributed by atoms with E-state index >= 15 is 0 Å². The third kappa shape index (κ3) is 1.40. The van der Waals surface area contributed by atoms with Gasteiger partial charge in [-0.1, -0.05) is 11.8 Å². The number of hydrogen-bond donors (Lipinski definition) is 1. The Hall–Kier alpha value is -0.180. The molecule has 0 unspecified atom stereocenters. The van der Waals surface area contributed by atoms with Crippen LogP contribution in [0.1, 0.15) is 0 Å². The molecule has 1 N–H and O–H groups in total. The van der Waals surface area contributed by atoms with Crippen molar-refractivity contribution in [2.24, 2.45) is 4.99 Å². The first-order valence-corrected chi connectivity index (χ1v) is 3.62. The molecule has 0 aromatic carbocycles. The summed E-state index contributed by atoms with van der Waals surface area (Å²) in [6.45, 7) is 5.63. The molecule has 0 fully saturated rings. The van der Waals surface area contributed by atoms with Crippen LogP contribution in [-0.2, 0) is 0 Å². The third-order valence-corrected chi connectivity index (χ3v) is 1.63. The lowest BCUT2D eigenvalue weighted by atomic mass is 10.7. The second-order valence-electron chi connectivity index (χ2n) is 1.46. The minimum absolute atomic E-state index is 0.867. The zero-order valence-corrected chi connectivity index (χ0v) is 5.50. The molecular weight excluding hydrogens is 120 g/mol. The van der Waals surface area contributed by atoms with E-state index < -0.39 is 0 Å². The SMILES string of the molecule is [CH2]CSC1=NCCN1. The lowest BCUT2D eigenvalue weighted by Gasteiger charge is -1.94. The van der Waals surface area contributed by atoms with Gasteiger partial charge in [-0.3, -0.25) is 4.99 Å². The molecule has 0 aliphatic carbocycles. The van der Waals surface area contributed by atoms with Gasteiger partial charge in [0.2, 0.25) is 0 Å². The third-order valence-electron chi connectivity index (χ3n) is 0.882. The van der Waals surface area contributed by atoms with E-state index in [2.05, 4.69) is 17.2 Å². The zero-order valence-electron chi connectivity index (χ0n) is 4.68. The maximum Gasteiger partial charge on any atom is 0.156 e. The smallest absolute Gasteiger partial charge is 0.156 e. The Bertz CT molecular complexity index is 101. The van der Waals surface area contributed by atoms with Crippen molar-refractivity contribution in [2.45, 2.75) is 0 Å². The Morgan fingerprint density at radius 1 is 1.88 bits per heavy atom. The lowest BCUT2D eigenvalue weighted by Crippen LogP contribution is -2.14. The van der Waals surface area contributed by atoms with E-state index in [1.807, 2.05) is 0 Å². The van der Waals surface area contributed by atoms with E-state index in [9.17, 15) is 0 Å². The van der Waals surface area contributed by atoms with E-state index in [4.69, 9.17) is 0 Å². The van der Waals surface area contributed by atoms with E-state index in [0.717, 1.165) is 24.0 Å². The fraction of sp³-hybridized carbons (Fsp3) is 0.600. The summed E-state index contributed by atoms with van der Waals surface area (Å²) in [5.74, 6) is 0.867. The number of nitrogens with zero attached hydrogens (tertiary/aromatic N) is 1. The quantitative estimate of drug-likeness (QED) is 0.558. The predicted molar refractivity (Wildman–Crippen MR) is 38.1 cm³/mol. The van der Waals surface area contributed by atoms with Crippen LogP contribution < -0.4 is 5.32 Å². The lowest BCUT2D eigenvalue weighted by molar-refractivity contribution is 0.963. The van der Waals surface area contributed by atoms with Crippen LogP contribution in [0, 0.1) is 6.92 Å². The summed E-state index contributed by atoms with van der Waals surface area (Å²) >= 11 is 1.67. The molecule has 1 radical (unpaired) electrons. The van der Waals surface area contributed by atoms with Crippen molar-refractivity contribution in [3.8, 4) is 0 Å². The number of hydrogen-bond acceptors (Lipinski definition) is 3. The molecule has 1 aliphatic rings. The standard InChI is InChI=1S/C5H9N2S/c1-2-8-5-6-3-4-7-5/h1-4H2,(H,6,7). The van der Waals surface area contributed by atoms with Crippen LogP contribution in [0.25, 0.3) is 0 Å². The molecule has 3 heteroatoms. The van der Waals surface area contributed by atoms with Crippen molar-refractivity contribution >= 4 is 16.9 Å². The van der Waals surface area contributed by atoms with Crippen LogP contribution in [0.5, 0.6) is 0 Å². The highest BCUT2D eigenvalue weighted by Gasteiger charge is 2.01. The van der Waals surface area contributed by atoms with E-state index in [0.29, 0.717) is 0 Å². The fourth-order valence-corrected chi connectivity index (χ4v) is 1.15. The number of rotatable bonds is 1. The molecule has 8 heavy (non-hydrogen) atoms. The molecule has 1 heterocycles. The van der Waals surface area contributed by atoms with Gasteiger partial charge in [-0.25, -0.2) is 0 Å². The number of thioether (sulfide) groups is 1. The van der Waals surface area contributed by atoms with Crippen molar-refractivity contribution < 1.29 is 0 Å². The van der Waals surface area contributed by atoms with Crippen LogP contribution in [-0.4, -0.2) is 24.0 Å². The van der Waals surface area contributed by atoms with E-state index in [1.54, 1.807) is 11.8 Å². The van der Waals surface area contributed by atoms with Gasteiger partial charge in [-0.15, -0.1) is 0 Å². The maximum atomic E-state index is 4.15. The summed E-state index contributed by atoms with van der Waals surface area (Å²) in [7, 11) is 0. The molecule has 1 rings (SSSR count). The van der Waals surface area contributed by atoms with E-state index in [1.165, 1.54) is 0 Å². The summed E-state index contributed by atoms with van der Waals surface area (Å²) in [6, 6.07) is 0. The number of amidine groups is 1. The van der Waals surface area contributed by atoms with Gasteiger partial charge < -0.3 is 5.32 Å². The molecule has 0 spiro atoms. The first kappa shape index (κ1) is 5.95. The molecule has 0 saturated heterocycles. The van der Waals surface area contributed by atoms with Crippen LogP contribution in [0.2, 0.25) is 0 Å². The van der Waals surface area contributed by atoms with Gasteiger partial charge in [0.05, 0.1) is 6.54 Å². The second-order valence-corrected chi connectivity index (χ2v) is 2.55.